The van der Waals surface area contributed by atoms with Crippen molar-refractivity contribution < 1.29 is 19.1 Å². The molecule has 1 saturated heterocycles. The van der Waals surface area contributed by atoms with Gasteiger partial charge in [0.15, 0.2) is 6.61 Å². The lowest BCUT2D eigenvalue weighted by atomic mass is 9.86. The summed E-state index contributed by atoms with van der Waals surface area (Å²) in [6.07, 6.45) is 5.53. The van der Waals surface area contributed by atoms with Gasteiger partial charge in [-0.2, -0.15) is 0 Å². The minimum Gasteiger partial charge on any atom is -0.455 e. The van der Waals surface area contributed by atoms with Gasteiger partial charge in [0.25, 0.3) is 11.8 Å². The van der Waals surface area contributed by atoms with Gasteiger partial charge in [0, 0.05) is 29.7 Å². The number of hydrogen-bond acceptors (Lipinski definition) is 4. The van der Waals surface area contributed by atoms with Crippen LogP contribution < -0.4 is 5.32 Å². The van der Waals surface area contributed by atoms with Gasteiger partial charge in [0.1, 0.15) is 0 Å². The molecule has 2 aliphatic rings. The molecule has 0 aromatic heterocycles. The number of halogens is 1. The fourth-order valence-electron chi connectivity index (χ4n) is 4.13. The van der Waals surface area contributed by atoms with Gasteiger partial charge in [-0.15, -0.1) is 0 Å². The number of likely N-dealkylation sites (tertiary alicyclic amines) is 1. The molecule has 1 heterocycles. The van der Waals surface area contributed by atoms with Crippen molar-refractivity contribution >= 4 is 29.4 Å². The van der Waals surface area contributed by atoms with E-state index in [2.05, 4.69) is 12.2 Å². The molecule has 0 unspecified atom stereocenters. The lowest BCUT2D eigenvalue weighted by Gasteiger charge is -2.31. The number of esters is 1. The highest BCUT2D eigenvalue weighted by molar-refractivity contribution is 6.30. The summed E-state index contributed by atoms with van der Waals surface area (Å²) in [4.78, 5) is 38.7. The van der Waals surface area contributed by atoms with E-state index in [1.165, 1.54) is 6.42 Å². The Morgan fingerprint density at radius 2 is 1.72 bits per heavy atom. The molecule has 29 heavy (non-hydrogen) atoms. The Labute approximate surface area is 176 Å². The SMILES string of the molecule is C[C@@H]1CCCC[C@H]1NC(=O)COC(=O)C1CCN(C(=O)c2ccc(Cl)cc2)CC1. The first-order valence-corrected chi connectivity index (χ1v) is 10.8. The zero-order chi connectivity index (χ0) is 20.8. The minimum atomic E-state index is -0.351. The smallest absolute Gasteiger partial charge is 0.309 e. The minimum absolute atomic E-state index is 0.0607. The number of carbonyl (C=O) groups is 3. The second kappa shape index (κ2) is 10.1. The molecule has 3 rings (SSSR count). The molecule has 1 aliphatic heterocycles. The molecule has 2 fully saturated rings. The molecular weight excluding hydrogens is 392 g/mol. The van der Waals surface area contributed by atoms with Crippen LogP contribution in [0.3, 0.4) is 0 Å². The van der Waals surface area contributed by atoms with Crippen molar-refractivity contribution in [1.29, 1.82) is 0 Å². The molecule has 1 saturated carbocycles. The second-order valence-corrected chi connectivity index (χ2v) is 8.55. The van der Waals surface area contributed by atoms with Gasteiger partial charge in [0.2, 0.25) is 0 Å². The average Bonchev–Trinajstić information content (AvgIpc) is 2.74. The van der Waals surface area contributed by atoms with Gasteiger partial charge in [-0.05, 0) is 55.9 Å². The Balaban J connectivity index is 1.40. The van der Waals surface area contributed by atoms with E-state index in [0.29, 0.717) is 42.4 Å². The first-order valence-electron chi connectivity index (χ1n) is 10.4. The number of nitrogens with zero attached hydrogens (tertiary/aromatic N) is 1. The van der Waals surface area contributed by atoms with Crippen molar-refractivity contribution in [1.82, 2.24) is 10.2 Å². The van der Waals surface area contributed by atoms with E-state index >= 15 is 0 Å². The van der Waals surface area contributed by atoms with Gasteiger partial charge in [-0.1, -0.05) is 31.4 Å². The molecule has 1 N–H and O–H groups in total. The van der Waals surface area contributed by atoms with Crippen LogP contribution in [-0.4, -0.2) is 48.4 Å². The predicted molar refractivity (Wildman–Crippen MR) is 111 cm³/mol. The number of rotatable bonds is 5. The van der Waals surface area contributed by atoms with E-state index in [4.69, 9.17) is 16.3 Å². The third-order valence-electron chi connectivity index (χ3n) is 6.01. The summed E-state index contributed by atoms with van der Waals surface area (Å²) < 4.78 is 5.24. The van der Waals surface area contributed by atoms with E-state index in [0.717, 1.165) is 19.3 Å². The fraction of sp³-hybridized carbons (Fsp3) is 0.591. The van der Waals surface area contributed by atoms with Crippen molar-refractivity contribution in [2.24, 2.45) is 11.8 Å². The maximum Gasteiger partial charge on any atom is 0.309 e. The summed E-state index contributed by atoms with van der Waals surface area (Å²) >= 11 is 5.86. The van der Waals surface area contributed by atoms with Crippen LogP contribution >= 0.6 is 11.6 Å². The standard InChI is InChI=1S/C22H29ClN2O4/c1-15-4-2-3-5-19(15)24-20(26)14-29-22(28)17-10-12-25(13-11-17)21(27)16-6-8-18(23)9-7-16/h6-9,15,17,19H,2-5,10-14H2,1H3,(H,24,26)/t15-,19-/m1/s1. The summed E-state index contributed by atoms with van der Waals surface area (Å²) in [5, 5.41) is 3.58. The first-order chi connectivity index (χ1) is 13.9. The largest absolute Gasteiger partial charge is 0.455 e. The molecule has 7 heteroatoms. The van der Waals surface area contributed by atoms with E-state index in [1.807, 2.05) is 0 Å². The van der Waals surface area contributed by atoms with Crippen LogP contribution in [0.15, 0.2) is 24.3 Å². The van der Waals surface area contributed by atoms with E-state index in [-0.39, 0.29) is 36.4 Å². The summed E-state index contributed by atoms with van der Waals surface area (Å²) in [5.41, 5.74) is 0.587. The van der Waals surface area contributed by atoms with Gasteiger partial charge in [-0.3, -0.25) is 14.4 Å². The van der Waals surface area contributed by atoms with Gasteiger partial charge < -0.3 is 15.0 Å². The van der Waals surface area contributed by atoms with Crippen LogP contribution in [0.5, 0.6) is 0 Å². The quantitative estimate of drug-likeness (QED) is 0.740. The second-order valence-electron chi connectivity index (χ2n) is 8.12. The summed E-state index contributed by atoms with van der Waals surface area (Å²) in [6, 6.07) is 6.97. The number of benzene rings is 1. The van der Waals surface area contributed by atoms with Crippen LogP contribution in [0.4, 0.5) is 0 Å². The Morgan fingerprint density at radius 1 is 1.07 bits per heavy atom. The van der Waals surface area contributed by atoms with Crippen molar-refractivity contribution in [2.75, 3.05) is 19.7 Å². The van der Waals surface area contributed by atoms with Crippen LogP contribution in [0.25, 0.3) is 0 Å². The molecule has 1 aliphatic carbocycles. The highest BCUT2D eigenvalue weighted by atomic mass is 35.5. The molecule has 2 atom stereocenters. The summed E-state index contributed by atoms with van der Waals surface area (Å²) in [6.45, 7) is 2.90. The van der Waals surface area contributed by atoms with Crippen LogP contribution in [0.2, 0.25) is 5.02 Å². The molecule has 6 nitrogen and oxygen atoms in total. The Morgan fingerprint density at radius 3 is 2.38 bits per heavy atom. The number of nitrogens with one attached hydrogen (secondary N) is 1. The predicted octanol–water partition coefficient (Wildman–Crippen LogP) is 3.43. The molecule has 0 radical (unpaired) electrons. The highest BCUT2D eigenvalue weighted by Crippen LogP contribution is 2.24. The Bertz CT molecular complexity index is 729. The normalized spacial score (nSPS) is 22.8. The van der Waals surface area contributed by atoms with Gasteiger partial charge in [0.05, 0.1) is 5.92 Å². The first kappa shape index (κ1) is 21.6. The van der Waals surface area contributed by atoms with E-state index in [9.17, 15) is 14.4 Å². The lowest BCUT2D eigenvalue weighted by molar-refractivity contribution is -0.154. The molecule has 1 aromatic carbocycles. The molecule has 1 aromatic rings. The molecular formula is C22H29ClN2O4. The van der Waals surface area contributed by atoms with E-state index in [1.54, 1.807) is 29.2 Å². The van der Waals surface area contributed by atoms with Crippen molar-refractivity contribution in [3.8, 4) is 0 Å². The molecule has 158 valence electrons. The van der Waals surface area contributed by atoms with Crippen LogP contribution in [0.1, 0.15) is 55.8 Å². The summed E-state index contributed by atoms with van der Waals surface area (Å²) in [7, 11) is 0. The number of piperidine rings is 1. The van der Waals surface area contributed by atoms with Gasteiger partial charge >= 0.3 is 5.97 Å². The number of carbonyl (C=O) groups excluding carboxylic acids is 3. The van der Waals surface area contributed by atoms with Crippen molar-refractivity contribution in [3.05, 3.63) is 34.9 Å². The fourth-order valence-corrected chi connectivity index (χ4v) is 4.25. The van der Waals surface area contributed by atoms with Crippen LogP contribution in [0, 0.1) is 11.8 Å². The number of amides is 2. The zero-order valence-corrected chi connectivity index (χ0v) is 17.6. The third kappa shape index (κ3) is 5.95. The summed E-state index contributed by atoms with van der Waals surface area (Å²) in [5.74, 6) is -0.450. The Kier molecular flexibility index (Phi) is 7.53. The van der Waals surface area contributed by atoms with E-state index < -0.39 is 0 Å². The Hall–Kier alpha value is -2.08. The number of ether oxygens (including phenoxy) is 1. The maximum absolute atomic E-state index is 12.5. The molecule has 2 amide bonds. The monoisotopic (exact) mass is 420 g/mol. The zero-order valence-electron chi connectivity index (χ0n) is 16.9. The number of hydrogen-bond donors (Lipinski definition) is 1. The molecule has 0 spiro atoms. The maximum atomic E-state index is 12.5. The van der Waals surface area contributed by atoms with Gasteiger partial charge in [-0.25, -0.2) is 0 Å². The average molecular weight is 421 g/mol. The van der Waals surface area contributed by atoms with Crippen molar-refractivity contribution in [2.45, 2.75) is 51.5 Å². The topological polar surface area (TPSA) is 75.7 Å². The van der Waals surface area contributed by atoms with Crippen LogP contribution in [-0.2, 0) is 14.3 Å². The third-order valence-corrected chi connectivity index (χ3v) is 6.26. The highest BCUT2D eigenvalue weighted by Gasteiger charge is 2.29. The lowest BCUT2D eigenvalue weighted by Crippen LogP contribution is -2.44. The van der Waals surface area contributed by atoms with Crippen molar-refractivity contribution in [3.63, 3.8) is 0 Å². The molecule has 0 bridgehead atoms.